The number of nitrogens with zero attached hydrogens (tertiary/aromatic N) is 5. The Labute approximate surface area is 164 Å². The first-order valence-corrected chi connectivity index (χ1v) is 10.1. The van der Waals surface area contributed by atoms with E-state index >= 15 is 0 Å². The molecule has 1 saturated heterocycles. The first kappa shape index (κ1) is 17.2. The fraction of sp³-hybridized carbons (Fsp3) is 0.409. The van der Waals surface area contributed by atoms with Crippen LogP contribution in [-0.2, 0) is 0 Å². The monoisotopic (exact) mass is 375 g/mol. The molecule has 3 heterocycles. The van der Waals surface area contributed by atoms with Gasteiger partial charge in [0.25, 0.3) is 5.91 Å². The van der Waals surface area contributed by atoms with E-state index in [4.69, 9.17) is 0 Å². The van der Waals surface area contributed by atoms with E-state index in [1.807, 2.05) is 40.0 Å². The molecule has 2 fully saturated rings. The molecule has 0 spiro atoms. The van der Waals surface area contributed by atoms with Gasteiger partial charge in [0.2, 0.25) is 0 Å². The minimum absolute atomic E-state index is 0.170. The molecule has 3 aromatic rings. The molecule has 1 saturated carbocycles. The zero-order valence-electron chi connectivity index (χ0n) is 16.2. The van der Waals surface area contributed by atoms with Gasteiger partial charge in [-0.05, 0) is 43.7 Å². The van der Waals surface area contributed by atoms with Crippen molar-refractivity contribution >= 4 is 17.4 Å². The summed E-state index contributed by atoms with van der Waals surface area (Å²) in [7, 11) is 0. The van der Waals surface area contributed by atoms with E-state index in [9.17, 15) is 4.79 Å². The summed E-state index contributed by atoms with van der Waals surface area (Å²) in [5.41, 5.74) is 2.98. The lowest BCUT2D eigenvalue weighted by molar-refractivity contribution is 0.0704. The maximum Gasteiger partial charge on any atom is 0.254 e. The summed E-state index contributed by atoms with van der Waals surface area (Å²) in [6.45, 7) is 4.49. The van der Waals surface area contributed by atoms with Gasteiger partial charge in [0, 0.05) is 56.0 Å². The molecular formula is C22H25N5O. The van der Waals surface area contributed by atoms with Crippen LogP contribution >= 0.6 is 0 Å². The lowest BCUT2D eigenvalue weighted by atomic mass is 10.0. The Morgan fingerprint density at radius 3 is 2.61 bits per heavy atom. The largest absolute Gasteiger partial charge is 0.352 e. The van der Waals surface area contributed by atoms with Crippen molar-refractivity contribution in [2.24, 2.45) is 0 Å². The van der Waals surface area contributed by atoms with Crippen LogP contribution in [0.4, 0.5) is 5.82 Å². The predicted octanol–water partition coefficient (Wildman–Crippen LogP) is 3.35. The summed E-state index contributed by atoms with van der Waals surface area (Å²) in [6.07, 6.45) is 10.8. The molecule has 0 unspecified atom stereocenters. The second-order valence-electron chi connectivity index (χ2n) is 7.89. The molecule has 5 rings (SSSR count). The number of imidazole rings is 1. The second kappa shape index (κ2) is 6.93. The molecule has 1 amide bonds. The van der Waals surface area contributed by atoms with E-state index in [-0.39, 0.29) is 11.9 Å². The lowest BCUT2D eigenvalue weighted by Gasteiger charge is -2.27. The number of fused-ring (bicyclic) bond motifs is 1. The highest BCUT2D eigenvalue weighted by Gasteiger charge is 2.32. The minimum atomic E-state index is 0.170. The van der Waals surface area contributed by atoms with Crippen LogP contribution in [0.25, 0.3) is 5.65 Å². The summed E-state index contributed by atoms with van der Waals surface area (Å²) in [6, 6.07) is 8.36. The number of amides is 1. The number of carbonyl (C=O) groups excluding carboxylic acids is 1. The van der Waals surface area contributed by atoms with Gasteiger partial charge in [0.15, 0.2) is 11.5 Å². The Morgan fingerprint density at radius 2 is 1.79 bits per heavy atom. The van der Waals surface area contributed by atoms with Gasteiger partial charge in [0.1, 0.15) is 0 Å². The third-order valence-corrected chi connectivity index (χ3v) is 6.02. The van der Waals surface area contributed by atoms with Crippen LogP contribution in [0, 0.1) is 0 Å². The van der Waals surface area contributed by atoms with E-state index in [1.54, 1.807) is 6.20 Å². The molecule has 1 aliphatic heterocycles. The number of hydrogen-bond donors (Lipinski definition) is 0. The Hall–Kier alpha value is -2.89. The molecule has 28 heavy (non-hydrogen) atoms. The van der Waals surface area contributed by atoms with Crippen molar-refractivity contribution in [3.8, 4) is 0 Å². The van der Waals surface area contributed by atoms with Crippen molar-refractivity contribution in [2.75, 3.05) is 24.5 Å². The molecule has 1 atom stereocenters. The molecule has 144 valence electrons. The average Bonchev–Trinajstić information content (AvgIpc) is 3.49. The van der Waals surface area contributed by atoms with Crippen molar-refractivity contribution < 1.29 is 4.79 Å². The van der Waals surface area contributed by atoms with Crippen LogP contribution < -0.4 is 4.90 Å². The normalized spacial score (nSPS) is 20.4. The Kier molecular flexibility index (Phi) is 4.26. The van der Waals surface area contributed by atoms with Gasteiger partial charge < -0.3 is 14.2 Å². The van der Waals surface area contributed by atoms with Crippen LogP contribution in [0.15, 0.2) is 49.1 Å². The van der Waals surface area contributed by atoms with Gasteiger partial charge in [-0.2, -0.15) is 0 Å². The van der Waals surface area contributed by atoms with E-state index in [2.05, 4.69) is 33.9 Å². The molecule has 0 radical (unpaired) electrons. The summed E-state index contributed by atoms with van der Waals surface area (Å²) < 4.78 is 1.99. The molecule has 0 N–H and O–H groups in total. The topological polar surface area (TPSA) is 53.7 Å². The molecular weight excluding hydrogens is 350 g/mol. The summed E-state index contributed by atoms with van der Waals surface area (Å²) >= 11 is 0. The Morgan fingerprint density at radius 1 is 1.00 bits per heavy atom. The fourth-order valence-electron chi connectivity index (χ4n) is 4.23. The summed E-state index contributed by atoms with van der Waals surface area (Å²) in [4.78, 5) is 26.8. The van der Waals surface area contributed by atoms with E-state index in [0.29, 0.717) is 12.5 Å². The predicted molar refractivity (Wildman–Crippen MR) is 109 cm³/mol. The second-order valence-corrected chi connectivity index (χ2v) is 7.89. The first-order valence-electron chi connectivity index (χ1n) is 10.1. The number of hydrogen-bond acceptors (Lipinski definition) is 4. The third-order valence-electron chi connectivity index (χ3n) is 6.02. The molecule has 2 aromatic heterocycles. The van der Waals surface area contributed by atoms with Crippen LogP contribution in [-0.4, -0.2) is 50.9 Å². The highest BCUT2D eigenvalue weighted by Crippen LogP contribution is 2.42. The lowest BCUT2D eigenvalue weighted by Crippen LogP contribution is -2.40. The SMILES string of the molecule is C[C@@H]1CCN(c2nccn3ccnc23)CCN1C(=O)c1ccccc1C1CC1. The van der Waals surface area contributed by atoms with Crippen LogP contribution in [0.2, 0.25) is 0 Å². The van der Waals surface area contributed by atoms with Gasteiger partial charge in [-0.1, -0.05) is 18.2 Å². The van der Waals surface area contributed by atoms with Gasteiger partial charge in [0.05, 0.1) is 0 Å². The van der Waals surface area contributed by atoms with Gasteiger partial charge in [-0.25, -0.2) is 9.97 Å². The Bertz CT molecular complexity index is 1010. The van der Waals surface area contributed by atoms with Crippen molar-refractivity contribution in [3.05, 3.63) is 60.2 Å². The van der Waals surface area contributed by atoms with Gasteiger partial charge in [-0.15, -0.1) is 0 Å². The quantitative estimate of drug-likeness (QED) is 0.704. The van der Waals surface area contributed by atoms with Crippen molar-refractivity contribution in [1.29, 1.82) is 0 Å². The number of rotatable bonds is 3. The molecule has 1 aliphatic carbocycles. The zero-order chi connectivity index (χ0) is 19.1. The van der Waals surface area contributed by atoms with Crippen LogP contribution in [0.1, 0.15) is 48.0 Å². The Balaban J connectivity index is 1.40. The van der Waals surface area contributed by atoms with Crippen molar-refractivity contribution in [3.63, 3.8) is 0 Å². The number of anilines is 1. The van der Waals surface area contributed by atoms with E-state index in [1.165, 1.54) is 18.4 Å². The van der Waals surface area contributed by atoms with Crippen molar-refractivity contribution in [2.45, 2.75) is 38.1 Å². The molecule has 6 heteroatoms. The van der Waals surface area contributed by atoms with E-state index < -0.39 is 0 Å². The molecule has 2 aliphatic rings. The standard InChI is InChI=1S/C22H25N5O/c1-16-8-11-25(20-21-24-10-13-26(21)12-9-23-20)14-15-27(16)22(28)19-5-3-2-4-18(19)17-6-7-17/h2-5,9-10,12-13,16-17H,6-8,11,14-15H2,1H3/t16-/m1/s1. The van der Waals surface area contributed by atoms with Crippen LogP contribution in [0.3, 0.4) is 0 Å². The molecule has 1 aromatic carbocycles. The van der Waals surface area contributed by atoms with E-state index in [0.717, 1.165) is 36.5 Å². The number of benzene rings is 1. The fourth-order valence-corrected chi connectivity index (χ4v) is 4.23. The van der Waals surface area contributed by atoms with Crippen molar-refractivity contribution in [1.82, 2.24) is 19.3 Å². The maximum absolute atomic E-state index is 13.4. The molecule has 0 bridgehead atoms. The molecule has 6 nitrogen and oxygen atoms in total. The average molecular weight is 375 g/mol. The smallest absolute Gasteiger partial charge is 0.254 e. The minimum Gasteiger partial charge on any atom is -0.352 e. The maximum atomic E-state index is 13.4. The van der Waals surface area contributed by atoms with Gasteiger partial charge in [-0.3, -0.25) is 4.79 Å². The highest BCUT2D eigenvalue weighted by atomic mass is 16.2. The third kappa shape index (κ3) is 3.03. The summed E-state index contributed by atoms with van der Waals surface area (Å²) in [5.74, 6) is 1.64. The van der Waals surface area contributed by atoms with Crippen LogP contribution in [0.5, 0.6) is 0 Å². The zero-order valence-corrected chi connectivity index (χ0v) is 16.2. The number of carbonyl (C=O) groups is 1. The van der Waals surface area contributed by atoms with Gasteiger partial charge >= 0.3 is 0 Å². The summed E-state index contributed by atoms with van der Waals surface area (Å²) in [5, 5.41) is 0. The number of aromatic nitrogens is 3. The first-order chi connectivity index (χ1) is 13.7. The highest BCUT2D eigenvalue weighted by molar-refractivity contribution is 5.96.